The van der Waals surface area contributed by atoms with Crippen LogP contribution in [0.15, 0.2) is 36.5 Å². The summed E-state index contributed by atoms with van der Waals surface area (Å²) in [6.07, 6.45) is 1.46. The summed E-state index contributed by atoms with van der Waals surface area (Å²) in [7, 11) is 0. The summed E-state index contributed by atoms with van der Waals surface area (Å²) in [5.41, 5.74) is 0.514. The zero-order valence-electron chi connectivity index (χ0n) is 11.1. The highest BCUT2D eigenvalue weighted by Crippen LogP contribution is 2.19. The number of aromatic nitrogens is 1. The van der Waals surface area contributed by atoms with E-state index < -0.39 is 23.4 Å². The quantitative estimate of drug-likeness (QED) is 0.810. The Kier molecular flexibility index (Phi) is 4.13. The Morgan fingerprint density at radius 2 is 1.95 bits per heavy atom. The van der Waals surface area contributed by atoms with Gasteiger partial charge in [0.05, 0.1) is 17.6 Å². The number of aryl methyl sites for hydroxylation is 1. The van der Waals surface area contributed by atoms with Crippen molar-refractivity contribution in [1.82, 2.24) is 4.98 Å². The average molecular weight is 289 g/mol. The van der Waals surface area contributed by atoms with Gasteiger partial charge in [-0.15, -0.1) is 0 Å². The summed E-state index contributed by atoms with van der Waals surface area (Å²) in [6, 6.07) is 6.29. The van der Waals surface area contributed by atoms with Crippen LogP contribution in [0.1, 0.15) is 16.1 Å². The monoisotopic (exact) mass is 289 g/mol. The molecule has 0 aliphatic rings. The van der Waals surface area contributed by atoms with E-state index in [2.05, 4.69) is 15.6 Å². The summed E-state index contributed by atoms with van der Waals surface area (Å²) >= 11 is 0. The van der Waals surface area contributed by atoms with E-state index in [-0.39, 0.29) is 5.69 Å². The number of anilines is 2. The van der Waals surface area contributed by atoms with E-state index in [0.29, 0.717) is 5.69 Å². The smallest absolute Gasteiger partial charge is 0.340 e. The highest BCUT2D eigenvalue weighted by molar-refractivity contribution is 6.04. The SMILES string of the molecule is Cc1ccc(NC(=O)Nc2cccc(F)c2C(=O)O)cn1. The molecule has 0 bridgehead atoms. The number of carboxylic acids is 1. The molecule has 0 unspecified atom stereocenters. The molecule has 1 aromatic heterocycles. The molecular formula is C14H12FN3O3. The first-order valence-electron chi connectivity index (χ1n) is 6.00. The first-order chi connectivity index (χ1) is 9.97. The largest absolute Gasteiger partial charge is 0.478 e. The van der Waals surface area contributed by atoms with Gasteiger partial charge in [0.1, 0.15) is 11.4 Å². The van der Waals surface area contributed by atoms with Gasteiger partial charge in [-0.3, -0.25) is 4.98 Å². The number of amides is 2. The number of benzene rings is 1. The van der Waals surface area contributed by atoms with Crippen LogP contribution in [0.4, 0.5) is 20.6 Å². The molecule has 1 aromatic carbocycles. The average Bonchev–Trinajstić information content (AvgIpc) is 2.41. The van der Waals surface area contributed by atoms with Crippen molar-refractivity contribution in [2.45, 2.75) is 6.92 Å². The number of hydrogen-bond acceptors (Lipinski definition) is 3. The van der Waals surface area contributed by atoms with E-state index in [1.807, 2.05) is 0 Å². The molecule has 3 N–H and O–H groups in total. The molecule has 108 valence electrons. The number of nitrogens with one attached hydrogen (secondary N) is 2. The van der Waals surface area contributed by atoms with Crippen LogP contribution in [0.25, 0.3) is 0 Å². The lowest BCUT2D eigenvalue weighted by molar-refractivity contribution is 0.0693. The zero-order valence-corrected chi connectivity index (χ0v) is 11.1. The maximum atomic E-state index is 13.5. The molecule has 2 aromatic rings. The van der Waals surface area contributed by atoms with Crippen molar-refractivity contribution in [1.29, 1.82) is 0 Å². The maximum absolute atomic E-state index is 13.5. The number of urea groups is 1. The minimum atomic E-state index is -1.46. The molecular weight excluding hydrogens is 277 g/mol. The normalized spacial score (nSPS) is 10.0. The van der Waals surface area contributed by atoms with E-state index >= 15 is 0 Å². The van der Waals surface area contributed by atoms with Gasteiger partial charge < -0.3 is 15.7 Å². The molecule has 0 fully saturated rings. The van der Waals surface area contributed by atoms with Gasteiger partial charge in [-0.25, -0.2) is 14.0 Å². The standard InChI is InChI=1S/C14H12FN3O3/c1-8-5-6-9(7-16-8)17-14(21)18-11-4-2-3-10(15)12(11)13(19)20/h2-7H,1H3,(H,19,20)(H2,17,18,21). The van der Waals surface area contributed by atoms with Gasteiger partial charge in [-0.2, -0.15) is 0 Å². The second-order valence-corrected chi connectivity index (χ2v) is 4.23. The molecule has 0 atom stereocenters. The number of halogens is 1. The minimum absolute atomic E-state index is 0.125. The summed E-state index contributed by atoms with van der Waals surface area (Å²) < 4.78 is 13.5. The number of carboxylic acid groups (broad SMARTS) is 1. The highest BCUT2D eigenvalue weighted by atomic mass is 19.1. The van der Waals surface area contributed by atoms with Crippen LogP contribution in [0, 0.1) is 12.7 Å². The van der Waals surface area contributed by atoms with Gasteiger partial charge in [0.2, 0.25) is 0 Å². The van der Waals surface area contributed by atoms with Gasteiger partial charge in [0.15, 0.2) is 0 Å². The fraction of sp³-hybridized carbons (Fsp3) is 0.0714. The van der Waals surface area contributed by atoms with Crippen LogP contribution < -0.4 is 10.6 Å². The van der Waals surface area contributed by atoms with E-state index in [1.165, 1.54) is 18.3 Å². The molecule has 0 saturated carbocycles. The molecule has 0 radical (unpaired) electrons. The lowest BCUT2D eigenvalue weighted by Gasteiger charge is -2.10. The molecule has 0 aliphatic carbocycles. The number of rotatable bonds is 3. The molecule has 2 rings (SSSR count). The highest BCUT2D eigenvalue weighted by Gasteiger charge is 2.17. The topological polar surface area (TPSA) is 91.3 Å². The Bertz CT molecular complexity index is 686. The van der Waals surface area contributed by atoms with Crippen molar-refractivity contribution < 1.29 is 19.1 Å². The number of aromatic carboxylic acids is 1. The molecule has 2 amide bonds. The first-order valence-corrected chi connectivity index (χ1v) is 6.00. The molecule has 7 heteroatoms. The molecule has 0 saturated heterocycles. The van der Waals surface area contributed by atoms with Gasteiger partial charge in [0, 0.05) is 5.69 Å². The number of hydrogen-bond donors (Lipinski definition) is 3. The van der Waals surface area contributed by atoms with Crippen molar-refractivity contribution in [3.63, 3.8) is 0 Å². The van der Waals surface area contributed by atoms with E-state index in [9.17, 15) is 14.0 Å². The Morgan fingerprint density at radius 3 is 2.57 bits per heavy atom. The Labute approximate surface area is 119 Å². The van der Waals surface area contributed by atoms with Crippen molar-refractivity contribution in [2.24, 2.45) is 0 Å². The number of carbonyl (C=O) groups is 2. The van der Waals surface area contributed by atoms with Gasteiger partial charge in [0.25, 0.3) is 0 Å². The Hall–Kier alpha value is -2.96. The third-order valence-corrected chi connectivity index (χ3v) is 2.64. The summed E-state index contributed by atoms with van der Waals surface area (Å²) in [5.74, 6) is -2.38. The number of carbonyl (C=O) groups excluding carboxylic acids is 1. The molecule has 0 aliphatic heterocycles. The molecule has 1 heterocycles. The Morgan fingerprint density at radius 1 is 1.19 bits per heavy atom. The predicted octanol–water partition coefficient (Wildman–Crippen LogP) is 2.87. The van der Waals surface area contributed by atoms with Gasteiger partial charge in [-0.1, -0.05) is 6.07 Å². The van der Waals surface area contributed by atoms with Crippen LogP contribution in [0.5, 0.6) is 0 Å². The first kappa shape index (κ1) is 14.4. The third-order valence-electron chi connectivity index (χ3n) is 2.64. The summed E-state index contributed by atoms with van der Waals surface area (Å²) in [6.45, 7) is 1.80. The number of nitrogens with zero attached hydrogens (tertiary/aromatic N) is 1. The summed E-state index contributed by atoms with van der Waals surface area (Å²) in [4.78, 5) is 26.8. The van der Waals surface area contributed by atoms with Crippen LogP contribution in [0.2, 0.25) is 0 Å². The lowest BCUT2D eigenvalue weighted by atomic mass is 10.1. The van der Waals surface area contributed by atoms with Crippen molar-refractivity contribution >= 4 is 23.4 Å². The van der Waals surface area contributed by atoms with Crippen LogP contribution >= 0.6 is 0 Å². The minimum Gasteiger partial charge on any atom is -0.478 e. The fourth-order valence-corrected chi connectivity index (χ4v) is 1.67. The molecule has 21 heavy (non-hydrogen) atoms. The molecule has 6 nitrogen and oxygen atoms in total. The van der Waals surface area contributed by atoms with E-state index in [0.717, 1.165) is 11.8 Å². The second-order valence-electron chi connectivity index (χ2n) is 4.23. The molecule has 0 spiro atoms. The van der Waals surface area contributed by atoms with Crippen molar-refractivity contribution in [2.75, 3.05) is 10.6 Å². The predicted molar refractivity (Wildman–Crippen MR) is 75.0 cm³/mol. The van der Waals surface area contributed by atoms with E-state index in [1.54, 1.807) is 19.1 Å². The van der Waals surface area contributed by atoms with Gasteiger partial charge in [-0.05, 0) is 31.2 Å². The van der Waals surface area contributed by atoms with Crippen molar-refractivity contribution in [3.05, 3.63) is 53.6 Å². The maximum Gasteiger partial charge on any atom is 0.340 e. The van der Waals surface area contributed by atoms with Crippen LogP contribution in [-0.2, 0) is 0 Å². The third kappa shape index (κ3) is 3.53. The lowest BCUT2D eigenvalue weighted by Crippen LogP contribution is -2.21. The fourth-order valence-electron chi connectivity index (χ4n) is 1.67. The second kappa shape index (κ2) is 6.00. The van der Waals surface area contributed by atoms with Gasteiger partial charge >= 0.3 is 12.0 Å². The van der Waals surface area contributed by atoms with E-state index in [4.69, 9.17) is 5.11 Å². The zero-order chi connectivity index (χ0) is 15.4. The Balaban J connectivity index is 2.15. The van der Waals surface area contributed by atoms with Crippen molar-refractivity contribution in [3.8, 4) is 0 Å². The summed E-state index contributed by atoms with van der Waals surface area (Å²) in [5, 5.41) is 13.7. The van der Waals surface area contributed by atoms with Crippen LogP contribution in [-0.4, -0.2) is 22.1 Å². The number of pyridine rings is 1. The van der Waals surface area contributed by atoms with Crippen LogP contribution in [0.3, 0.4) is 0 Å².